The normalized spacial score (nSPS) is 22.8. The van der Waals surface area contributed by atoms with E-state index < -0.39 is 0 Å². The zero-order valence-electron chi connectivity index (χ0n) is 9.68. The molecule has 1 rings (SSSR count). The maximum atomic E-state index is 11.7. The van der Waals surface area contributed by atoms with Crippen molar-refractivity contribution in [3.63, 3.8) is 0 Å². The van der Waals surface area contributed by atoms with E-state index in [0.29, 0.717) is 0 Å². The molecule has 1 aliphatic rings. The van der Waals surface area contributed by atoms with Gasteiger partial charge in [-0.3, -0.25) is 4.79 Å². The summed E-state index contributed by atoms with van der Waals surface area (Å²) in [5.41, 5.74) is 2.87. The van der Waals surface area contributed by atoms with Crippen LogP contribution in [0.15, 0.2) is 11.1 Å². The first-order valence-electron chi connectivity index (χ1n) is 5.46. The maximum Gasteiger partial charge on any atom is 0.223 e. The number of carbonyl (C=O) groups is 1. The van der Waals surface area contributed by atoms with Crippen molar-refractivity contribution in [3.8, 4) is 0 Å². The van der Waals surface area contributed by atoms with E-state index >= 15 is 0 Å². The lowest BCUT2D eigenvalue weighted by Crippen LogP contribution is -2.36. The topological polar surface area (TPSA) is 29.1 Å². The summed E-state index contributed by atoms with van der Waals surface area (Å²) in [7, 11) is 0. The Morgan fingerprint density at radius 2 is 2.00 bits per heavy atom. The second kappa shape index (κ2) is 4.63. The Labute approximate surface area is 86.8 Å². The fourth-order valence-electron chi connectivity index (χ4n) is 1.88. The first kappa shape index (κ1) is 11.3. The standard InChI is InChI=1S/C12H21NO/c1-8(2)13-12(14)11-6-5-9(3)10(4)7-11/h8,11H,5-7H2,1-4H3,(H,13,14). The molecule has 2 heteroatoms. The minimum Gasteiger partial charge on any atom is -0.354 e. The number of carbonyl (C=O) groups excluding carboxylic acids is 1. The largest absolute Gasteiger partial charge is 0.354 e. The molecule has 2 nitrogen and oxygen atoms in total. The van der Waals surface area contributed by atoms with E-state index in [1.54, 1.807) is 0 Å². The lowest BCUT2D eigenvalue weighted by Gasteiger charge is -2.24. The van der Waals surface area contributed by atoms with Crippen LogP contribution in [0.3, 0.4) is 0 Å². The third kappa shape index (κ3) is 2.86. The van der Waals surface area contributed by atoms with Crippen molar-refractivity contribution in [3.05, 3.63) is 11.1 Å². The van der Waals surface area contributed by atoms with E-state index in [-0.39, 0.29) is 17.9 Å². The number of nitrogens with one attached hydrogen (secondary N) is 1. The smallest absolute Gasteiger partial charge is 0.223 e. The van der Waals surface area contributed by atoms with E-state index in [1.807, 2.05) is 13.8 Å². The van der Waals surface area contributed by atoms with Crippen LogP contribution in [0.2, 0.25) is 0 Å². The van der Waals surface area contributed by atoms with Gasteiger partial charge in [-0.2, -0.15) is 0 Å². The van der Waals surface area contributed by atoms with Crippen LogP contribution >= 0.6 is 0 Å². The van der Waals surface area contributed by atoms with Crippen LogP contribution in [0.4, 0.5) is 0 Å². The van der Waals surface area contributed by atoms with Gasteiger partial charge in [0.25, 0.3) is 0 Å². The number of hydrogen-bond donors (Lipinski definition) is 1. The van der Waals surface area contributed by atoms with E-state index in [9.17, 15) is 4.79 Å². The van der Waals surface area contributed by atoms with E-state index in [2.05, 4.69) is 19.2 Å². The van der Waals surface area contributed by atoms with E-state index in [1.165, 1.54) is 11.1 Å². The average Bonchev–Trinajstić information content (AvgIpc) is 2.08. The highest BCUT2D eigenvalue weighted by atomic mass is 16.1. The van der Waals surface area contributed by atoms with Gasteiger partial charge in [0, 0.05) is 12.0 Å². The molecule has 1 N–H and O–H groups in total. The molecule has 0 aliphatic heterocycles. The number of hydrogen-bond acceptors (Lipinski definition) is 1. The van der Waals surface area contributed by atoms with Gasteiger partial charge < -0.3 is 5.32 Å². The van der Waals surface area contributed by atoms with Gasteiger partial charge in [0.05, 0.1) is 0 Å². The fourth-order valence-corrected chi connectivity index (χ4v) is 1.88. The predicted molar refractivity (Wildman–Crippen MR) is 59.0 cm³/mol. The van der Waals surface area contributed by atoms with Crippen molar-refractivity contribution in [2.24, 2.45) is 5.92 Å². The summed E-state index contributed by atoms with van der Waals surface area (Å²) in [6, 6.07) is 0.259. The van der Waals surface area contributed by atoms with E-state index in [0.717, 1.165) is 19.3 Å². The second-order valence-electron chi connectivity index (χ2n) is 4.66. The van der Waals surface area contributed by atoms with Gasteiger partial charge in [0.2, 0.25) is 5.91 Å². The van der Waals surface area contributed by atoms with Gasteiger partial charge in [0.15, 0.2) is 0 Å². The Kier molecular flexibility index (Phi) is 3.73. The molecule has 0 saturated carbocycles. The molecule has 0 spiro atoms. The zero-order chi connectivity index (χ0) is 10.7. The summed E-state index contributed by atoms with van der Waals surface area (Å²) in [5.74, 6) is 0.438. The lowest BCUT2D eigenvalue weighted by atomic mass is 9.84. The Balaban J connectivity index is 2.53. The highest BCUT2D eigenvalue weighted by molar-refractivity contribution is 5.79. The third-order valence-electron chi connectivity index (χ3n) is 2.95. The molecular weight excluding hydrogens is 174 g/mol. The molecule has 0 fully saturated rings. The van der Waals surface area contributed by atoms with Crippen LogP contribution in [0, 0.1) is 5.92 Å². The molecule has 14 heavy (non-hydrogen) atoms. The molecular formula is C12H21NO. The minimum atomic E-state index is 0.209. The molecule has 1 unspecified atom stereocenters. The Bertz CT molecular complexity index is 253. The molecule has 1 aliphatic carbocycles. The van der Waals surface area contributed by atoms with Crippen LogP contribution in [-0.2, 0) is 4.79 Å². The third-order valence-corrected chi connectivity index (χ3v) is 2.95. The van der Waals surface area contributed by atoms with Crippen LogP contribution in [0.1, 0.15) is 47.0 Å². The monoisotopic (exact) mass is 195 g/mol. The molecule has 0 radical (unpaired) electrons. The maximum absolute atomic E-state index is 11.7. The van der Waals surface area contributed by atoms with Crippen molar-refractivity contribution in [1.29, 1.82) is 0 Å². The molecule has 0 aromatic carbocycles. The Morgan fingerprint density at radius 1 is 1.36 bits per heavy atom. The fraction of sp³-hybridized carbons (Fsp3) is 0.750. The van der Waals surface area contributed by atoms with Crippen molar-refractivity contribution in [2.75, 3.05) is 0 Å². The SMILES string of the molecule is CC1=C(C)CC(C(=O)NC(C)C)CC1. The number of rotatable bonds is 2. The first-order valence-corrected chi connectivity index (χ1v) is 5.46. The number of amides is 1. The predicted octanol–water partition coefficient (Wildman–Crippen LogP) is 2.65. The summed E-state index contributed by atoms with van der Waals surface area (Å²) in [5, 5.41) is 2.99. The highest BCUT2D eigenvalue weighted by Gasteiger charge is 2.23. The van der Waals surface area contributed by atoms with Crippen molar-refractivity contribution >= 4 is 5.91 Å². The molecule has 0 heterocycles. The van der Waals surface area contributed by atoms with Crippen LogP contribution < -0.4 is 5.32 Å². The van der Waals surface area contributed by atoms with E-state index in [4.69, 9.17) is 0 Å². The molecule has 0 aromatic heterocycles. The van der Waals surface area contributed by atoms with Crippen molar-refractivity contribution < 1.29 is 4.79 Å². The zero-order valence-corrected chi connectivity index (χ0v) is 9.68. The van der Waals surface area contributed by atoms with Crippen LogP contribution in [0.5, 0.6) is 0 Å². The van der Waals surface area contributed by atoms with Crippen LogP contribution in [0.25, 0.3) is 0 Å². The lowest BCUT2D eigenvalue weighted by molar-refractivity contribution is -0.125. The molecule has 0 saturated heterocycles. The quantitative estimate of drug-likeness (QED) is 0.674. The average molecular weight is 195 g/mol. The summed E-state index contributed by atoms with van der Waals surface area (Å²) in [6.45, 7) is 8.33. The van der Waals surface area contributed by atoms with Gasteiger partial charge in [-0.05, 0) is 47.0 Å². The number of allylic oxidation sites excluding steroid dienone is 2. The van der Waals surface area contributed by atoms with Gasteiger partial charge >= 0.3 is 0 Å². The Hall–Kier alpha value is -0.790. The second-order valence-corrected chi connectivity index (χ2v) is 4.66. The summed E-state index contributed by atoms with van der Waals surface area (Å²) < 4.78 is 0. The summed E-state index contributed by atoms with van der Waals surface area (Å²) in [4.78, 5) is 11.7. The van der Waals surface area contributed by atoms with Gasteiger partial charge in [-0.25, -0.2) is 0 Å². The molecule has 80 valence electrons. The van der Waals surface area contributed by atoms with Crippen molar-refractivity contribution in [2.45, 2.75) is 53.0 Å². The summed E-state index contributed by atoms with van der Waals surface area (Å²) in [6.07, 6.45) is 3.05. The molecule has 1 amide bonds. The highest BCUT2D eigenvalue weighted by Crippen LogP contribution is 2.28. The molecule has 0 aromatic rings. The van der Waals surface area contributed by atoms with Gasteiger partial charge in [0.1, 0.15) is 0 Å². The minimum absolute atomic E-state index is 0.209. The summed E-state index contributed by atoms with van der Waals surface area (Å²) >= 11 is 0. The van der Waals surface area contributed by atoms with Crippen molar-refractivity contribution in [1.82, 2.24) is 5.32 Å². The van der Waals surface area contributed by atoms with Gasteiger partial charge in [-0.1, -0.05) is 11.1 Å². The molecule has 1 atom stereocenters. The Morgan fingerprint density at radius 3 is 2.50 bits per heavy atom. The van der Waals surface area contributed by atoms with Crippen LogP contribution in [-0.4, -0.2) is 11.9 Å². The molecule has 0 bridgehead atoms. The first-order chi connectivity index (χ1) is 6.50. The van der Waals surface area contributed by atoms with Gasteiger partial charge in [-0.15, -0.1) is 0 Å².